The smallest absolute Gasteiger partial charge is 0.116 e. The average molecular weight is 252 g/mol. The molecule has 19 heavy (non-hydrogen) atoms. The van der Waals surface area contributed by atoms with E-state index >= 15 is 0 Å². The molecule has 3 N–H and O–H groups in total. The van der Waals surface area contributed by atoms with E-state index in [1.165, 1.54) is 0 Å². The molecule has 0 aromatic heterocycles. The number of hydrogen-bond donors (Lipinski definition) is 3. The maximum absolute atomic E-state index is 10.1. The van der Waals surface area contributed by atoms with Crippen molar-refractivity contribution in [2.24, 2.45) is 0 Å². The number of benzene rings is 2. The number of rotatable bonds is 0. The summed E-state index contributed by atoms with van der Waals surface area (Å²) in [7, 11) is 0. The molecule has 2 atom stereocenters. The molecule has 2 aliphatic carbocycles. The van der Waals surface area contributed by atoms with Crippen LogP contribution in [0.15, 0.2) is 42.5 Å². The Morgan fingerprint density at radius 3 is 2.58 bits per heavy atom. The summed E-state index contributed by atoms with van der Waals surface area (Å²) >= 11 is 0. The van der Waals surface area contributed by atoms with Gasteiger partial charge in [-0.1, -0.05) is 24.3 Å². The molecule has 2 aromatic rings. The summed E-state index contributed by atoms with van der Waals surface area (Å²) in [6.07, 6.45) is -0.130. The monoisotopic (exact) mass is 252 g/mol. The molecule has 0 radical (unpaired) electrons. The third-order valence-electron chi connectivity index (χ3n) is 3.93. The van der Waals surface area contributed by atoms with Crippen molar-refractivity contribution in [1.82, 2.24) is 0 Å². The second kappa shape index (κ2) is 3.47. The van der Waals surface area contributed by atoms with Crippen molar-refractivity contribution in [2.45, 2.75) is 12.2 Å². The second-order valence-corrected chi connectivity index (χ2v) is 5.02. The Hall–Kier alpha value is -2.10. The lowest BCUT2D eigenvalue weighted by molar-refractivity contribution is 0.0467. The summed E-state index contributed by atoms with van der Waals surface area (Å²) in [5.41, 5.74) is 5.61. The average Bonchev–Trinajstić information content (AvgIpc) is 2.71. The van der Waals surface area contributed by atoms with Gasteiger partial charge < -0.3 is 15.3 Å². The summed E-state index contributed by atoms with van der Waals surface area (Å²) in [6.45, 7) is 0. The zero-order valence-electron chi connectivity index (χ0n) is 10.0. The largest absolute Gasteiger partial charge is 0.508 e. The molecule has 2 aliphatic rings. The number of aliphatic hydroxyl groups excluding tert-OH is 2. The maximum atomic E-state index is 10.1. The Morgan fingerprint density at radius 1 is 0.895 bits per heavy atom. The van der Waals surface area contributed by atoms with Crippen LogP contribution in [0.5, 0.6) is 5.75 Å². The zero-order valence-corrected chi connectivity index (χ0v) is 10.0. The Kier molecular flexibility index (Phi) is 1.97. The van der Waals surface area contributed by atoms with Gasteiger partial charge in [0.15, 0.2) is 0 Å². The molecule has 3 nitrogen and oxygen atoms in total. The summed E-state index contributed by atoms with van der Waals surface area (Å²) in [6, 6.07) is 11.0. The van der Waals surface area contributed by atoms with E-state index in [9.17, 15) is 15.3 Å². The molecular formula is C16H12O3. The van der Waals surface area contributed by atoms with Crippen LogP contribution in [-0.4, -0.2) is 21.4 Å². The van der Waals surface area contributed by atoms with Gasteiger partial charge in [-0.25, -0.2) is 0 Å². The molecule has 0 saturated heterocycles. The van der Waals surface area contributed by atoms with Gasteiger partial charge in [0.25, 0.3) is 0 Å². The minimum atomic E-state index is -0.911. The highest BCUT2D eigenvalue weighted by atomic mass is 16.3. The van der Waals surface area contributed by atoms with E-state index in [1.807, 2.05) is 24.3 Å². The van der Waals surface area contributed by atoms with Gasteiger partial charge in [-0.15, -0.1) is 0 Å². The van der Waals surface area contributed by atoms with Gasteiger partial charge in [-0.3, -0.25) is 0 Å². The summed E-state index contributed by atoms with van der Waals surface area (Å²) in [5, 5.41) is 29.7. The topological polar surface area (TPSA) is 60.7 Å². The molecule has 2 aromatic carbocycles. The van der Waals surface area contributed by atoms with E-state index < -0.39 is 12.2 Å². The molecule has 0 fully saturated rings. The van der Waals surface area contributed by atoms with Gasteiger partial charge in [0.2, 0.25) is 0 Å². The summed E-state index contributed by atoms with van der Waals surface area (Å²) in [4.78, 5) is 0. The lowest BCUT2D eigenvalue weighted by Crippen LogP contribution is -2.20. The number of phenols is 1. The van der Waals surface area contributed by atoms with Crippen molar-refractivity contribution < 1.29 is 15.3 Å². The highest BCUT2D eigenvalue weighted by molar-refractivity contribution is 6.03. The molecule has 4 rings (SSSR count). The zero-order chi connectivity index (χ0) is 13.1. The Balaban J connectivity index is 2.12. The number of aromatic hydroxyl groups is 1. The molecular weight excluding hydrogens is 240 g/mol. The van der Waals surface area contributed by atoms with Crippen LogP contribution in [0.2, 0.25) is 0 Å². The first-order valence-corrected chi connectivity index (χ1v) is 6.22. The molecule has 0 spiro atoms. The van der Waals surface area contributed by atoms with Crippen LogP contribution < -0.4 is 0 Å². The maximum Gasteiger partial charge on any atom is 0.116 e. The number of hydrogen-bond acceptors (Lipinski definition) is 3. The second-order valence-electron chi connectivity index (χ2n) is 5.02. The van der Waals surface area contributed by atoms with Crippen molar-refractivity contribution in [3.05, 3.63) is 59.2 Å². The molecule has 0 heterocycles. The third-order valence-corrected chi connectivity index (χ3v) is 3.93. The normalized spacial score (nSPS) is 22.7. The van der Waals surface area contributed by atoms with Crippen LogP contribution in [0.25, 0.3) is 16.7 Å². The van der Waals surface area contributed by atoms with E-state index in [1.54, 1.807) is 18.2 Å². The van der Waals surface area contributed by atoms with Gasteiger partial charge >= 0.3 is 0 Å². The minimum absolute atomic E-state index is 0.203. The van der Waals surface area contributed by atoms with E-state index in [4.69, 9.17) is 0 Å². The molecule has 94 valence electrons. The molecule has 0 aliphatic heterocycles. The van der Waals surface area contributed by atoms with Gasteiger partial charge in [-0.2, -0.15) is 0 Å². The van der Waals surface area contributed by atoms with Crippen molar-refractivity contribution in [2.75, 3.05) is 0 Å². The van der Waals surface area contributed by atoms with E-state index in [2.05, 4.69) is 0 Å². The summed E-state index contributed by atoms with van der Waals surface area (Å²) < 4.78 is 0. The van der Waals surface area contributed by atoms with Crippen molar-refractivity contribution in [3.8, 4) is 16.9 Å². The molecule has 3 heteroatoms. The van der Waals surface area contributed by atoms with Gasteiger partial charge in [-0.05, 0) is 51.6 Å². The third kappa shape index (κ3) is 1.28. The molecule has 0 unspecified atom stereocenters. The first kappa shape index (κ1) is 10.8. The highest BCUT2D eigenvalue weighted by Crippen LogP contribution is 2.50. The SMILES string of the molecule is Oc1ccc2c(c1)C1=C[C@H](O)[C@@H](O)c3cccc-2c31. The van der Waals surface area contributed by atoms with E-state index in [0.717, 1.165) is 33.4 Å². The van der Waals surface area contributed by atoms with Gasteiger partial charge in [0, 0.05) is 0 Å². The van der Waals surface area contributed by atoms with Gasteiger partial charge in [0.05, 0.1) is 0 Å². The fraction of sp³-hybridized carbons (Fsp3) is 0.125. The minimum Gasteiger partial charge on any atom is -0.508 e. The standard InChI is InChI=1S/C16H12O3/c17-8-4-5-9-10-2-1-3-11-15(10)13(12(9)6-8)7-14(18)16(11)19/h1-7,14,16-19H/t14-,16-/m0/s1. The molecule has 0 bridgehead atoms. The van der Waals surface area contributed by atoms with E-state index in [-0.39, 0.29) is 5.75 Å². The lowest BCUT2D eigenvalue weighted by atomic mass is 9.87. The first-order valence-electron chi connectivity index (χ1n) is 6.22. The van der Waals surface area contributed by atoms with Crippen LogP contribution in [0.1, 0.15) is 22.8 Å². The molecule has 0 saturated carbocycles. The lowest BCUT2D eigenvalue weighted by Gasteiger charge is -2.24. The fourth-order valence-corrected chi connectivity index (χ4v) is 3.09. The first-order chi connectivity index (χ1) is 9.16. The predicted molar refractivity (Wildman–Crippen MR) is 71.6 cm³/mol. The van der Waals surface area contributed by atoms with Crippen LogP contribution in [0.3, 0.4) is 0 Å². The molecule has 0 amide bonds. The Morgan fingerprint density at radius 2 is 1.74 bits per heavy atom. The summed E-state index contributed by atoms with van der Waals surface area (Å²) in [5.74, 6) is 0.203. The van der Waals surface area contributed by atoms with Crippen LogP contribution in [0.4, 0.5) is 0 Å². The van der Waals surface area contributed by atoms with Gasteiger partial charge in [0.1, 0.15) is 18.0 Å². The van der Waals surface area contributed by atoms with Crippen LogP contribution in [-0.2, 0) is 0 Å². The van der Waals surface area contributed by atoms with Crippen molar-refractivity contribution in [3.63, 3.8) is 0 Å². The van der Waals surface area contributed by atoms with E-state index in [0.29, 0.717) is 0 Å². The predicted octanol–water partition coefficient (Wildman–Crippen LogP) is 2.21. The Bertz CT molecular complexity index is 731. The fourth-order valence-electron chi connectivity index (χ4n) is 3.09. The van der Waals surface area contributed by atoms with Crippen LogP contribution in [0, 0.1) is 0 Å². The number of aliphatic hydroxyl groups is 2. The highest BCUT2D eigenvalue weighted by Gasteiger charge is 2.34. The van der Waals surface area contributed by atoms with Crippen LogP contribution >= 0.6 is 0 Å². The van der Waals surface area contributed by atoms with Crippen molar-refractivity contribution >= 4 is 5.57 Å². The quantitative estimate of drug-likeness (QED) is 0.575. The number of phenolic OH excluding ortho intramolecular Hbond substituents is 1. The number of fused-ring (bicyclic) bond motifs is 3. The Labute approximate surface area is 110 Å². The van der Waals surface area contributed by atoms with Crippen molar-refractivity contribution in [1.29, 1.82) is 0 Å².